The first-order valence-corrected chi connectivity index (χ1v) is 6.08. The Labute approximate surface area is 111 Å². The number of aromatic nitrogens is 1. The summed E-state index contributed by atoms with van der Waals surface area (Å²) in [6.07, 6.45) is 1.63. The first kappa shape index (κ1) is 13.0. The summed E-state index contributed by atoms with van der Waals surface area (Å²) in [6, 6.07) is 12.1. The van der Waals surface area contributed by atoms with E-state index in [2.05, 4.69) is 9.88 Å². The molecule has 0 aliphatic rings. The highest BCUT2D eigenvalue weighted by Gasteiger charge is 2.06. The van der Waals surface area contributed by atoms with E-state index in [1.165, 1.54) is 12.1 Å². The third-order valence-electron chi connectivity index (χ3n) is 2.89. The van der Waals surface area contributed by atoms with Gasteiger partial charge in [-0.1, -0.05) is 0 Å². The summed E-state index contributed by atoms with van der Waals surface area (Å²) < 4.78 is 12.9. The third kappa shape index (κ3) is 3.29. The molecule has 0 N–H and O–H groups in total. The fourth-order valence-corrected chi connectivity index (χ4v) is 1.89. The molecule has 3 nitrogen and oxygen atoms in total. The Morgan fingerprint density at radius 1 is 1.26 bits per heavy atom. The average Bonchev–Trinajstić information content (AvgIpc) is 2.46. The van der Waals surface area contributed by atoms with Gasteiger partial charge in [-0.2, -0.15) is 5.26 Å². The molecule has 0 atom stereocenters. The van der Waals surface area contributed by atoms with E-state index in [-0.39, 0.29) is 5.82 Å². The van der Waals surface area contributed by atoms with Crippen LogP contribution in [0.15, 0.2) is 42.6 Å². The van der Waals surface area contributed by atoms with Crippen LogP contribution in [-0.2, 0) is 6.54 Å². The molecule has 0 saturated carbocycles. The number of rotatable bonds is 4. The van der Waals surface area contributed by atoms with Crippen LogP contribution in [0.2, 0.25) is 0 Å². The maximum atomic E-state index is 12.9. The lowest BCUT2D eigenvalue weighted by Gasteiger charge is -2.23. The predicted octanol–water partition coefficient (Wildman–Crippen LogP) is 3.12. The molecular formula is C15H14FN3. The summed E-state index contributed by atoms with van der Waals surface area (Å²) in [4.78, 5) is 6.05. The van der Waals surface area contributed by atoms with Crippen molar-refractivity contribution in [1.82, 2.24) is 4.98 Å². The average molecular weight is 255 g/mol. The van der Waals surface area contributed by atoms with Gasteiger partial charge in [-0.05, 0) is 48.9 Å². The standard InChI is InChI=1S/C15H14FN3/c1-2-19(15-5-3-13(16)4-6-15)11-12-7-8-18-14(9-12)10-17/h3-9H,2,11H2,1H3. The van der Waals surface area contributed by atoms with Gasteiger partial charge in [0.15, 0.2) is 0 Å². The highest BCUT2D eigenvalue weighted by atomic mass is 19.1. The fourth-order valence-electron chi connectivity index (χ4n) is 1.89. The molecule has 0 radical (unpaired) electrons. The smallest absolute Gasteiger partial charge is 0.140 e. The number of anilines is 1. The molecule has 0 saturated heterocycles. The lowest BCUT2D eigenvalue weighted by atomic mass is 10.2. The fraction of sp³-hybridized carbons (Fsp3) is 0.200. The van der Waals surface area contributed by atoms with Crippen molar-refractivity contribution in [3.8, 4) is 6.07 Å². The molecule has 0 aliphatic heterocycles. The van der Waals surface area contributed by atoms with Crippen LogP contribution in [0.5, 0.6) is 0 Å². The van der Waals surface area contributed by atoms with Crippen LogP contribution in [0, 0.1) is 17.1 Å². The van der Waals surface area contributed by atoms with Crippen molar-refractivity contribution in [2.45, 2.75) is 13.5 Å². The van der Waals surface area contributed by atoms with Gasteiger partial charge in [-0.3, -0.25) is 0 Å². The van der Waals surface area contributed by atoms with Crippen molar-refractivity contribution in [1.29, 1.82) is 5.26 Å². The molecule has 0 amide bonds. The van der Waals surface area contributed by atoms with Crippen molar-refractivity contribution >= 4 is 5.69 Å². The molecule has 0 unspecified atom stereocenters. The van der Waals surface area contributed by atoms with Crippen LogP contribution >= 0.6 is 0 Å². The molecule has 2 aromatic rings. The molecule has 4 heteroatoms. The largest absolute Gasteiger partial charge is 0.367 e. The molecule has 96 valence electrons. The summed E-state index contributed by atoms with van der Waals surface area (Å²) in [5.74, 6) is -0.240. The second-order valence-electron chi connectivity index (χ2n) is 4.15. The summed E-state index contributed by atoms with van der Waals surface area (Å²) in [6.45, 7) is 3.50. The Balaban J connectivity index is 2.19. The van der Waals surface area contributed by atoms with Gasteiger partial charge in [-0.15, -0.1) is 0 Å². The van der Waals surface area contributed by atoms with Gasteiger partial charge < -0.3 is 4.90 Å². The van der Waals surface area contributed by atoms with Crippen molar-refractivity contribution in [3.05, 3.63) is 59.7 Å². The van der Waals surface area contributed by atoms with E-state index < -0.39 is 0 Å². The number of nitriles is 1. The minimum atomic E-state index is -0.240. The molecule has 0 aliphatic carbocycles. The maximum Gasteiger partial charge on any atom is 0.140 e. The summed E-state index contributed by atoms with van der Waals surface area (Å²) in [5.41, 5.74) is 2.38. The molecule has 0 spiro atoms. The molecule has 2 rings (SSSR count). The topological polar surface area (TPSA) is 39.9 Å². The van der Waals surface area contributed by atoms with Gasteiger partial charge in [0.1, 0.15) is 17.6 Å². The molecule has 1 aromatic carbocycles. The zero-order chi connectivity index (χ0) is 13.7. The Morgan fingerprint density at radius 3 is 2.63 bits per heavy atom. The van der Waals surface area contributed by atoms with Crippen LogP contribution in [0.1, 0.15) is 18.2 Å². The summed E-state index contributed by atoms with van der Waals surface area (Å²) in [7, 11) is 0. The van der Waals surface area contributed by atoms with Crippen LogP contribution in [0.25, 0.3) is 0 Å². The van der Waals surface area contributed by atoms with E-state index in [4.69, 9.17) is 5.26 Å². The molecular weight excluding hydrogens is 241 g/mol. The van der Waals surface area contributed by atoms with Crippen LogP contribution in [-0.4, -0.2) is 11.5 Å². The Morgan fingerprint density at radius 2 is 2.00 bits per heavy atom. The van der Waals surface area contributed by atoms with Gasteiger partial charge >= 0.3 is 0 Å². The molecule has 19 heavy (non-hydrogen) atoms. The molecule has 1 heterocycles. The van der Waals surface area contributed by atoms with Crippen molar-refractivity contribution in [2.24, 2.45) is 0 Å². The number of pyridine rings is 1. The zero-order valence-electron chi connectivity index (χ0n) is 10.7. The third-order valence-corrected chi connectivity index (χ3v) is 2.89. The van der Waals surface area contributed by atoms with Crippen LogP contribution in [0.4, 0.5) is 10.1 Å². The van der Waals surface area contributed by atoms with Crippen molar-refractivity contribution < 1.29 is 4.39 Å². The minimum absolute atomic E-state index is 0.240. The lowest BCUT2D eigenvalue weighted by molar-refractivity contribution is 0.627. The van der Waals surface area contributed by atoms with Gasteiger partial charge in [0, 0.05) is 25.0 Å². The van der Waals surface area contributed by atoms with E-state index >= 15 is 0 Å². The Kier molecular flexibility index (Phi) is 4.09. The Hall–Kier alpha value is -2.41. The quantitative estimate of drug-likeness (QED) is 0.842. The number of benzene rings is 1. The Bertz CT molecular complexity index is 587. The first-order chi connectivity index (χ1) is 9.22. The molecule has 0 fully saturated rings. The van der Waals surface area contributed by atoms with Crippen LogP contribution < -0.4 is 4.90 Å². The van der Waals surface area contributed by atoms with Gasteiger partial charge in [0.05, 0.1) is 0 Å². The summed E-state index contributed by atoms with van der Waals surface area (Å²) >= 11 is 0. The second-order valence-corrected chi connectivity index (χ2v) is 4.15. The first-order valence-electron chi connectivity index (χ1n) is 6.08. The number of hydrogen-bond donors (Lipinski definition) is 0. The van der Waals surface area contributed by atoms with Crippen LogP contribution in [0.3, 0.4) is 0 Å². The van der Waals surface area contributed by atoms with Gasteiger partial charge in [0.25, 0.3) is 0 Å². The zero-order valence-corrected chi connectivity index (χ0v) is 10.7. The van der Waals surface area contributed by atoms with E-state index in [9.17, 15) is 4.39 Å². The highest BCUT2D eigenvalue weighted by Crippen LogP contribution is 2.17. The predicted molar refractivity (Wildman–Crippen MR) is 72.1 cm³/mol. The van der Waals surface area contributed by atoms with E-state index in [1.807, 2.05) is 19.1 Å². The highest BCUT2D eigenvalue weighted by molar-refractivity contribution is 5.47. The minimum Gasteiger partial charge on any atom is -0.367 e. The monoisotopic (exact) mass is 255 g/mol. The van der Waals surface area contributed by atoms with Gasteiger partial charge in [0.2, 0.25) is 0 Å². The van der Waals surface area contributed by atoms with E-state index in [0.717, 1.165) is 17.8 Å². The van der Waals surface area contributed by atoms with Crippen molar-refractivity contribution in [3.63, 3.8) is 0 Å². The van der Waals surface area contributed by atoms with E-state index in [1.54, 1.807) is 24.4 Å². The lowest BCUT2D eigenvalue weighted by Crippen LogP contribution is -2.22. The second kappa shape index (κ2) is 5.96. The van der Waals surface area contributed by atoms with Gasteiger partial charge in [-0.25, -0.2) is 9.37 Å². The summed E-state index contributed by atoms with van der Waals surface area (Å²) in [5, 5.41) is 8.83. The molecule has 1 aromatic heterocycles. The number of hydrogen-bond acceptors (Lipinski definition) is 3. The normalized spacial score (nSPS) is 9.95. The SMILES string of the molecule is CCN(Cc1ccnc(C#N)c1)c1ccc(F)cc1. The maximum absolute atomic E-state index is 12.9. The molecule has 0 bridgehead atoms. The number of nitrogens with zero attached hydrogens (tertiary/aromatic N) is 3. The van der Waals surface area contributed by atoms with Crippen molar-refractivity contribution in [2.75, 3.05) is 11.4 Å². The number of halogens is 1. The van der Waals surface area contributed by atoms with E-state index in [0.29, 0.717) is 12.2 Å².